The van der Waals surface area contributed by atoms with Crippen molar-refractivity contribution in [2.75, 3.05) is 12.0 Å². The fraction of sp³-hybridized carbons (Fsp3) is 0.462. The average molecular weight is 342 g/mol. The molecule has 0 saturated heterocycles. The molecule has 0 amide bonds. The molecule has 1 atom stereocenters. The van der Waals surface area contributed by atoms with E-state index in [4.69, 9.17) is 16.7 Å². The quantitative estimate of drug-likeness (QED) is 0.794. The van der Waals surface area contributed by atoms with Crippen molar-refractivity contribution < 1.29 is 23.1 Å². The Morgan fingerprint density at radius 3 is 2.67 bits per heavy atom. The predicted octanol–water partition coefficient (Wildman–Crippen LogP) is 3.65. The van der Waals surface area contributed by atoms with Crippen LogP contribution in [0.4, 0.5) is 13.2 Å². The molecule has 3 nitrogen and oxygen atoms in total. The van der Waals surface area contributed by atoms with Gasteiger partial charge in [-0.15, -0.1) is 0 Å². The molecule has 0 radical (unpaired) electrons. The van der Waals surface area contributed by atoms with Gasteiger partial charge in [-0.2, -0.15) is 24.9 Å². The van der Waals surface area contributed by atoms with Crippen LogP contribution in [0.5, 0.6) is 0 Å². The maximum atomic E-state index is 12.7. The number of halogens is 4. The number of carbonyl (C=O) groups is 1. The van der Waals surface area contributed by atoms with E-state index in [1.54, 1.807) is 0 Å². The third-order valence-electron chi connectivity index (χ3n) is 2.80. The molecule has 2 N–H and O–H groups in total. The van der Waals surface area contributed by atoms with E-state index in [1.165, 1.54) is 23.9 Å². The maximum absolute atomic E-state index is 12.7. The second-order valence-electron chi connectivity index (χ2n) is 4.37. The van der Waals surface area contributed by atoms with Gasteiger partial charge >= 0.3 is 12.1 Å². The van der Waals surface area contributed by atoms with Crippen molar-refractivity contribution in [3.8, 4) is 0 Å². The zero-order valence-electron chi connectivity index (χ0n) is 11.2. The smallest absolute Gasteiger partial charge is 0.417 e. The minimum absolute atomic E-state index is 0.0333. The van der Waals surface area contributed by atoms with Crippen LogP contribution >= 0.6 is 23.4 Å². The third-order valence-corrected chi connectivity index (χ3v) is 3.77. The number of benzene rings is 1. The highest BCUT2D eigenvalue weighted by atomic mass is 35.5. The van der Waals surface area contributed by atoms with Crippen molar-refractivity contribution >= 4 is 29.3 Å². The van der Waals surface area contributed by atoms with E-state index >= 15 is 0 Å². The Balaban J connectivity index is 2.77. The van der Waals surface area contributed by atoms with Crippen LogP contribution in [0.15, 0.2) is 18.2 Å². The van der Waals surface area contributed by atoms with E-state index in [0.29, 0.717) is 17.7 Å². The van der Waals surface area contributed by atoms with Gasteiger partial charge in [0.1, 0.15) is 6.04 Å². The second-order valence-corrected chi connectivity index (χ2v) is 5.76. The number of hydrogen-bond acceptors (Lipinski definition) is 3. The fourth-order valence-corrected chi connectivity index (χ4v) is 2.39. The summed E-state index contributed by atoms with van der Waals surface area (Å²) in [5, 5.41) is 11.4. The maximum Gasteiger partial charge on any atom is 0.417 e. The van der Waals surface area contributed by atoms with Crippen molar-refractivity contribution in [3.05, 3.63) is 34.3 Å². The Morgan fingerprint density at radius 2 is 2.14 bits per heavy atom. The highest BCUT2D eigenvalue weighted by Crippen LogP contribution is 2.35. The summed E-state index contributed by atoms with van der Waals surface area (Å²) < 4.78 is 38.2. The van der Waals surface area contributed by atoms with Crippen molar-refractivity contribution in [2.45, 2.75) is 25.2 Å². The van der Waals surface area contributed by atoms with Gasteiger partial charge in [0.15, 0.2) is 0 Å². The summed E-state index contributed by atoms with van der Waals surface area (Å²) in [5.41, 5.74) is -0.582. The molecule has 0 aliphatic rings. The van der Waals surface area contributed by atoms with E-state index in [0.717, 1.165) is 6.07 Å². The number of thioether (sulfide) groups is 1. The molecule has 21 heavy (non-hydrogen) atoms. The summed E-state index contributed by atoms with van der Waals surface area (Å²) in [7, 11) is 0. The lowest BCUT2D eigenvalue weighted by Crippen LogP contribution is -2.36. The number of nitrogens with one attached hydrogen (secondary N) is 1. The van der Waals surface area contributed by atoms with Gasteiger partial charge in [0.2, 0.25) is 0 Å². The molecule has 1 rings (SSSR count). The van der Waals surface area contributed by atoms with E-state index in [1.807, 2.05) is 6.26 Å². The number of hydrogen-bond donors (Lipinski definition) is 2. The van der Waals surface area contributed by atoms with Crippen LogP contribution in [0.2, 0.25) is 5.02 Å². The highest BCUT2D eigenvalue weighted by molar-refractivity contribution is 7.98. The minimum atomic E-state index is -4.53. The first-order chi connectivity index (χ1) is 9.75. The number of rotatable bonds is 7. The fourth-order valence-electron chi connectivity index (χ4n) is 1.69. The molecule has 8 heteroatoms. The van der Waals surface area contributed by atoms with Gasteiger partial charge in [0.05, 0.1) is 10.6 Å². The summed E-state index contributed by atoms with van der Waals surface area (Å²) in [4.78, 5) is 11.0. The molecule has 0 heterocycles. The molecule has 0 fully saturated rings. The lowest BCUT2D eigenvalue weighted by molar-refractivity contribution is -0.140. The lowest BCUT2D eigenvalue weighted by Gasteiger charge is -2.15. The Morgan fingerprint density at radius 1 is 1.48 bits per heavy atom. The van der Waals surface area contributed by atoms with Gasteiger partial charge in [-0.05, 0) is 36.1 Å². The van der Waals surface area contributed by atoms with Gasteiger partial charge < -0.3 is 10.4 Å². The van der Waals surface area contributed by atoms with E-state index in [2.05, 4.69) is 5.32 Å². The van der Waals surface area contributed by atoms with Gasteiger partial charge in [-0.25, -0.2) is 0 Å². The number of carboxylic acid groups (broad SMARTS) is 1. The van der Waals surface area contributed by atoms with Gasteiger partial charge in [-0.1, -0.05) is 17.7 Å². The minimum Gasteiger partial charge on any atom is -0.480 e. The molecule has 1 aromatic carbocycles. The summed E-state index contributed by atoms with van der Waals surface area (Å²) in [6, 6.07) is 2.75. The monoisotopic (exact) mass is 341 g/mol. The standard InChI is InChI=1S/C13H15ClF3NO2S/c1-21-5-4-11(12(19)20)18-7-8-2-3-10(14)9(6-8)13(15,16)17/h2-3,6,11,18H,4-5,7H2,1H3,(H,19,20)/t11-/m0/s1. The van der Waals surface area contributed by atoms with Crippen LogP contribution in [0, 0.1) is 0 Å². The molecular weight excluding hydrogens is 327 g/mol. The first-order valence-corrected chi connectivity index (χ1v) is 7.83. The molecule has 0 spiro atoms. The molecule has 1 aromatic rings. The lowest BCUT2D eigenvalue weighted by atomic mass is 10.1. The molecular formula is C13H15ClF3NO2S. The Kier molecular flexibility index (Phi) is 6.83. The summed E-state index contributed by atoms with van der Waals surface area (Å²) in [6.45, 7) is 0.0333. The SMILES string of the molecule is CSCC[C@H](NCc1ccc(Cl)c(C(F)(F)F)c1)C(=O)O. The largest absolute Gasteiger partial charge is 0.480 e. The molecule has 0 saturated carbocycles. The summed E-state index contributed by atoms with van der Waals surface area (Å²) in [6.07, 6.45) is -2.28. The second kappa shape index (κ2) is 7.91. The van der Waals surface area contributed by atoms with Crippen LogP contribution in [0.25, 0.3) is 0 Å². The molecule has 0 aliphatic carbocycles. The van der Waals surface area contributed by atoms with Crippen LogP contribution in [0.3, 0.4) is 0 Å². The van der Waals surface area contributed by atoms with Crippen LogP contribution in [0.1, 0.15) is 17.5 Å². The first kappa shape index (κ1) is 18.1. The van der Waals surface area contributed by atoms with Crippen LogP contribution in [-0.2, 0) is 17.5 Å². The zero-order valence-corrected chi connectivity index (χ0v) is 12.8. The van der Waals surface area contributed by atoms with E-state index in [9.17, 15) is 18.0 Å². The van der Waals surface area contributed by atoms with Gasteiger partial charge in [-0.3, -0.25) is 4.79 Å². The average Bonchev–Trinajstić information content (AvgIpc) is 2.38. The number of alkyl halides is 3. The number of carboxylic acids is 1. The van der Waals surface area contributed by atoms with E-state index < -0.39 is 23.8 Å². The normalized spacial score (nSPS) is 13.2. The predicted molar refractivity (Wildman–Crippen MR) is 77.7 cm³/mol. The molecule has 0 aliphatic heterocycles. The van der Waals surface area contributed by atoms with Crippen LogP contribution in [-0.4, -0.2) is 29.1 Å². The molecule has 0 aromatic heterocycles. The van der Waals surface area contributed by atoms with Crippen molar-refractivity contribution in [1.29, 1.82) is 0 Å². The first-order valence-electron chi connectivity index (χ1n) is 6.06. The van der Waals surface area contributed by atoms with Gasteiger partial charge in [0, 0.05) is 6.54 Å². The van der Waals surface area contributed by atoms with E-state index in [-0.39, 0.29) is 11.6 Å². The Labute approximate surface area is 129 Å². The topological polar surface area (TPSA) is 49.3 Å². The summed E-state index contributed by atoms with van der Waals surface area (Å²) >= 11 is 7.03. The summed E-state index contributed by atoms with van der Waals surface area (Å²) in [5.74, 6) is -0.368. The molecule has 0 unspecified atom stereocenters. The highest BCUT2D eigenvalue weighted by Gasteiger charge is 2.33. The van der Waals surface area contributed by atoms with Crippen molar-refractivity contribution in [1.82, 2.24) is 5.32 Å². The third kappa shape index (κ3) is 5.76. The molecule has 118 valence electrons. The van der Waals surface area contributed by atoms with Crippen molar-refractivity contribution in [2.24, 2.45) is 0 Å². The van der Waals surface area contributed by atoms with Gasteiger partial charge in [0.25, 0.3) is 0 Å². The Hall–Kier alpha value is -0.920. The van der Waals surface area contributed by atoms with Crippen molar-refractivity contribution in [3.63, 3.8) is 0 Å². The number of aliphatic carboxylic acids is 1. The zero-order chi connectivity index (χ0) is 16.0. The Bertz CT molecular complexity index is 497. The van der Waals surface area contributed by atoms with Crippen LogP contribution < -0.4 is 5.32 Å². The molecule has 0 bridgehead atoms.